The van der Waals surface area contributed by atoms with Crippen LogP contribution in [-0.4, -0.2) is 42.9 Å². The minimum absolute atomic E-state index is 0.272. The molecule has 1 saturated heterocycles. The van der Waals surface area contributed by atoms with Gasteiger partial charge >= 0.3 is 12.4 Å². The second-order valence-electron chi connectivity index (χ2n) is 7.07. The van der Waals surface area contributed by atoms with Crippen LogP contribution < -0.4 is 9.64 Å². The third-order valence-electron chi connectivity index (χ3n) is 4.82. The molecule has 0 saturated carbocycles. The maximum atomic E-state index is 13.3. The van der Waals surface area contributed by atoms with Gasteiger partial charge in [-0.1, -0.05) is 0 Å². The number of alkyl halides is 6. The van der Waals surface area contributed by atoms with Crippen LogP contribution >= 0.6 is 0 Å². The second-order valence-corrected chi connectivity index (χ2v) is 7.07. The molecule has 1 N–H and O–H groups in total. The van der Waals surface area contributed by atoms with Crippen molar-refractivity contribution < 1.29 is 40.9 Å². The van der Waals surface area contributed by atoms with Gasteiger partial charge in [0.1, 0.15) is 18.5 Å². The van der Waals surface area contributed by atoms with Gasteiger partial charge in [0.2, 0.25) is 0 Å². The largest absolute Gasteiger partial charge is 0.491 e. The summed E-state index contributed by atoms with van der Waals surface area (Å²) in [6.07, 6.45) is -16.1. The summed E-state index contributed by atoms with van der Waals surface area (Å²) in [7, 11) is 0. The van der Waals surface area contributed by atoms with Crippen LogP contribution in [0.5, 0.6) is 5.75 Å². The lowest BCUT2D eigenvalue weighted by Crippen LogP contribution is -2.48. The van der Waals surface area contributed by atoms with E-state index in [9.17, 15) is 31.4 Å². The van der Waals surface area contributed by atoms with Gasteiger partial charge in [0, 0.05) is 5.69 Å². The van der Waals surface area contributed by atoms with Crippen molar-refractivity contribution in [3.05, 3.63) is 59.2 Å². The number of nitriles is 2. The number of hydrogen-bond donors (Lipinski definition) is 1. The molecule has 3 rings (SSSR count). The van der Waals surface area contributed by atoms with Gasteiger partial charge in [-0.3, -0.25) is 0 Å². The monoisotopic (exact) mass is 471 g/mol. The molecule has 3 atom stereocenters. The quantitative estimate of drug-likeness (QED) is 0.664. The third kappa shape index (κ3) is 5.48. The van der Waals surface area contributed by atoms with Crippen LogP contribution in [0.1, 0.15) is 16.7 Å². The molecule has 2 aromatic carbocycles. The van der Waals surface area contributed by atoms with Crippen molar-refractivity contribution >= 4 is 5.69 Å². The Morgan fingerprint density at radius 3 is 2.27 bits per heavy atom. The normalized spacial score (nSPS) is 19.6. The van der Waals surface area contributed by atoms with Crippen LogP contribution in [0.3, 0.4) is 0 Å². The van der Waals surface area contributed by atoms with Gasteiger partial charge in [-0.05, 0) is 42.5 Å². The zero-order valence-electron chi connectivity index (χ0n) is 16.6. The summed E-state index contributed by atoms with van der Waals surface area (Å²) in [6, 6.07) is 11.6. The summed E-state index contributed by atoms with van der Waals surface area (Å²) in [5.41, 5.74) is -1.96. The molecular formula is C21H15F6N3O3. The fourth-order valence-corrected chi connectivity index (χ4v) is 3.25. The fourth-order valence-electron chi connectivity index (χ4n) is 3.25. The predicted octanol–water partition coefficient (Wildman–Crippen LogP) is 3.98. The van der Waals surface area contributed by atoms with Gasteiger partial charge in [0.25, 0.3) is 0 Å². The Labute approximate surface area is 183 Å². The first-order valence-electron chi connectivity index (χ1n) is 9.35. The molecule has 0 spiro atoms. The summed E-state index contributed by atoms with van der Waals surface area (Å²) in [4.78, 5) is 0.849. The van der Waals surface area contributed by atoms with E-state index in [4.69, 9.17) is 20.0 Å². The molecule has 0 bridgehead atoms. The van der Waals surface area contributed by atoms with Crippen molar-refractivity contribution in [2.75, 3.05) is 18.1 Å². The van der Waals surface area contributed by atoms with Gasteiger partial charge in [-0.25, -0.2) is 0 Å². The Balaban J connectivity index is 1.86. The summed E-state index contributed by atoms with van der Waals surface area (Å²) < 4.78 is 90.3. The Kier molecular flexibility index (Phi) is 6.72. The van der Waals surface area contributed by atoms with E-state index in [2.05, 4.69) is 0 Å². The lowest BCUT2D eigenvalue weighted by Gasteiger charge is -2.30. The molecule has 33 heavy (non-hydrogen) atoms. The molecule has 174 valence electrons. The topological polar surface area (TPSA) is 89.5 Å². The molecule has 0 amide bonds. The minimum atomic E-state index is -5.11. The maximum Gasteiger partial charge on any atom is 0.418 e. The number of halogens is 6. The highest BCUT2D eigenvalue weighted by molar-refractivity contribution is 5.56. The van der Waals surface area contributed by atoms with Gasteiger partial charge < -0.3 is 19.5 Å². The summed E-state index contributed by atoms with van der Waals surface area (Å²) in [6.45, 7) is -0.594. The number of rotatable bonds is 5. The highest BCUT2D eigenvalue weighted by atomic mass is 19.4. The minimum Gasteiger partial charge on any atom is -0.491 e. The van der Waals surface area contributed by atoms with E-state index >= 15 is 0 Å². The van der Waals surface area contributed by atoms with Gasteiger partial charge in [0.05, 0.1) is 35.4 Å². The molecule has 6 nitrogen and oxygen atoms in total. The van der Waals surface area contributed by atoms with E-state index in [0.29, 0.717) is 17.4 Å². The van der Waals surface area contributed by atoms with Crippen molar-refractivity contribution in [3.63, 3.8) is 0 Å². The molecule has 0 aliphatic carbocycles. The van der Waals surface area contributed by atoms with E-state index in [1.54, 1.807) is 0 Å². The average Bonchev–Trinajstić information content (AvgIpc) is 3.19. The zero-order valence-corrected chi connectivity index (χ0v) is 16.6. The molecule has 1 heterocycles. The number of benzene rings is 2. The van der Waals surface area contributed by atoms with Crippen molar-refractivity contribution in [1.82, 2.24) is 0 Å². The number of nitrogens with zero attached hydrogens (tertiary/aromatic N) is 3. The zero-order chi connectivity index (χ0) is 24.4. The van der Waals surface area contributed by atoms with E-state index in [0.717, 1.165) is 17.0 Å². The van der Waals surface area contributed by atoms with Gasteiger partial charge in [0.15, 0.2) is 12.3 Å². The predicted molar refractivity (Wildman–Crippen MR) is 101 cm³/mol. The molecule has 1 aliphatic heterocycles. The smallest absolute Gasteiger partial charge is 0.418 e. The first-order chi connectivity index (χ1) is 15.4. The molecule has 1 fully saturated rings. The van der Waals surface area contributed by atoms with Crippen LogP contribution in [0.2, 0.25) is 0 Å². The van der Waals surface area contributed by atoms with Crippen LogP contribution in [0.15, 0.2) is 42.5 Å². The van der Waals surface area contributed by atoms with Crippen molar-refractivity contribution in [3.8, 4) is 17.9 Å². The van der Waals surface area contributed by atoms with Crippen molar-refractivity contribution in [2.45, 2.75) is 30.8 Å². The highest BCUT2D eigenvalue weighted by Gasteiger charge is 2.51. The molecule has 12 heteroatoms. The summed E-state index contributed by atoms with van der Waals surface area (Å²) >= 11 is 0. The standard InChI is InChI=1S/C21H15F6N3O3/c22-20(23,24)17-7-14(4-3-13(17)9-29)30-10-16(33-19(30)18(31)21(25,26)27)11-32-15-5-1-12(8-28)2-6-15/h1-7,16,18-19,31H,10-11H2/t16?,18-,19?/m1/s1. The molecule has 0 radical (unpaired) electrons. The summed E-state index contributed by atoms with van der Waals surface area (Å²) in [5, 5.41) is 27.5. The first-order valence-corrected chi connectivity index (χ1v) is 9.35. The number of aliphatic hydroxyl groups is 1. The van der Waals surface area contributed by atoms with E-state index < -0.39 is 41.9 Å². The lowest BCUT2D eigenvalue weighted by atomic mass is 10.1. The van der Waals surface area contributed by atoms with E-state index in [1.807, 2.05) is 6.07 Å². The summed E-state index contributed by atoms with van der Waals surface area (Å²) in [5.74, 6) is 0.293. The van der Waals surface area contributed by atoms with E-state index in [-0.39, 0.29) is 18.8 Å². The molecule has 2 unspecified atom stereocenters. The average molecular weight is 471 g/mol. The highest BCUT2D eigenvalue weighted by Crippen LogP contribution is 2.38. The van der Waals surface area contributed by atoms with Gasteiger partial charge in [-0.2, -0.15) is 36.9 Å². The fraction of sp³-hybridized carbons (Fsp3) is 0.333. The Bertz CT molecular complexity index is 1070. The number of anilines is 1. The molecular weight excluding hydrogens is 456 g/mol. The number of ether oxygens (including phenoxy) is 2. The Morgan fingerprint density at radius 2 is 1.73 bits per heavy atom. The molecule has 1 aliphatic rings. The molecule has 0 aromatic heterocycles. The van der Waals surface area contributed by atoms with Crippen LogP contribution in [-0.2, 0) is 10.9 Å². The molecule has 2 aromatic rings. The van der Waals surface area contributed by atoms with Crippen LogP contribution in [0, 0.1) is 22.7 Å². The SMILES string of the molecule is N#Cc1ccc(OCC2CN(c3ccc(C#N)c(C(F)(F)F)c3)C([C@@H](O)C(F)(F)F)O2)cc1. The maximum absolute atomic E-state index is 13.3. The van der Waals surface area contributed by atoms with Crippen LogP contribution in [0.25, 0.3) is 0 Å². The lowest BCUT2D eigenvalue weighted by molar-refractivity contribution is -0.234. The second kappa shape index (κ2) is 9.17. The number of hydrogen-bond acceptors (Lipinski definition) is 6. The third-order valence-corrected chi connectivity index (χ3v) is 4.82. The van der Waals surface area contributed by atoms with Crippen molar-refractivity contribution in [2.24, 2.45) is 0 Å². The Hall–Kier alpha value is -3.48. The van der Waals surface area contributed by atoms with E-state index in [1.165, 1.54) is 30.3 Å². The van der Waals surface area contributed by atoms with Crippen LogP contribution in [0.4, 0.5) is 32.0 Å². The number of aliphatic hydroxyl groups excluding tert-OH is 1. The van der Waals surface area contributed by atoms with Gasteiger partial charge in [-0.15, -0.1) is 0 Å². The Morgan fingerprint density at radius 1 is 1.06 bits per heavy atom. The van der Waals surface area contributed by atoms with Crippen molar-refractivity contribution in [1.29, 1.82) is 10.5 Å². The first kappa shape index (κ1) is 24.2.